The molecular formula is C20H20O3. The highest BCUT2D eigenvalue weighted by Crippen LogP contribution is 2.52. The molecule has 118 valence electrons. The quantitative estimate of drug-likeness (QED) is 0.616. The largest absolute Gasteiger partial charge is 0.457 e. The molecule has 0 radical (unpaired) electrons. The smallest absolute Gasteiger partial charge is 0.309 e. The van der Waals surface area contributed by atoms with E-state index in [1.165, 1.54) is 0 Å². The van der Waals surface area contributed by atoms with Crippen molar-refractivity contribution in [2.24, 2.45) is 11.3 Å². The summed E-state index contributed by atoms with van der Waals surface area (Å²) in [6.07, 6.45) is 0.839. The maximum Gasteiger partial charge on any atom is 0.309 e. The molecule has 1 atom stereocenters. The fraction of sp³-hybridized carbons (Fsp3) is 0.300. The number of carbonyl (C=O) groups is 2. The summed E-state index contributed by atoms with van der Waals surface area (Å²) in [6, 6.07) is 17.4. The first-order valence-electron chi connectivity index (χ1n) is 7.83. The van der Waals surface area contributed by atoms with E-state index in [1.54, 1.807) is 12.1 Å². The lowest BCUT2D eigenvalue weighted by molar-refractivity contribution is -0.144. The third-order valence-corrected chi connectivity index (χ3v) is 4.46. The summed E-state index contributed by atoms with van der Waals surface area (Å²) in [6.45, 7) is 3.88. The predicted molar refractivity (Wildman–Crippen MR) is 89.1 cm³/mol. The molecule has 0 amide bonds. The van der Waals surface area contributed by atoms with Crippen molar-refractivity contribution in [1.82, 2.24) is 0 Å². The number of hydrogen-bond acceptors (Lipinski definition) is 3. The van der Waals surface area contributed by atoms with Gasteiger partial charge in [0, 0.05) is 5.56 Å². The molecule has 23 heavy (non-hydrogen) atoms. The summed E-state index contributed by atoms with van der Waals surface area (Å²) >= 11 is 0. The van der Waals surface area contributed by atoms with E-state index >= 15 is 0 Å². The number of carbonyl (C=O) groups excluding carboxylic acids is 2. The van der Waals surface area contributed by atoms with Gasteiger partial charge in [0.15, 0.2) is 12.4 Å². The molecule has 3 nitrogen and oxygen atoms in total. The Balaban J connectivity index is 1.59. The number of Topliss-reactive ketones (excluding diaryl/α,β-unsaturated/α-hetero) is 1. The van der Waals surface area contributed by atoms with Crippen LogP contribution < -0.4 is 0 Å². The fourth-order valence-corrected chi connectivity index (χ4v) is 2.67. The monoisotopic (exact) mass is 308 g/mol. The zero-order valence-corrected chi connectivity index (χ0v) is 13.4. The van der Waals surface area contributed by atoms with Crippen LogP contribution in [-0.2, 0) is 9.53 Å². The van der Waals surface area contributed by atoms with Crippen molar-refractivity contribution < 1.29 is 14.3 Å². The third kappa shape index (κ3) is 3.50. The minimum Gasteiger partial charge on any atom is -0.457 e. The first kappa shape index (κ1) is 15.5. The molecule has 0 aliphatic heterocycles. The van der Waals surface area contributed by atoms with Gasteiger partial charge >= 0.3 is 5.97 Å². The van der Waals surface area contributed by atoms with Gasteiger partial charge < -0.3 is 4.74 Å². The summed E-state index contributed by atoms with van der Waals surface area (Å²) in [5.74, 6) is -0.489. The van der Waals surface area contributed by atoms with Crippen LogP contribution >= 0.6 is 0 Å². The van der Waals surface area contributed by atoms with Crippen LogP contribution in [0, 0.1) is 11.3 Å². The number of hydrogen-bond donors (Lipinski definition) is 0. The minimum atomic E-state index is -0.260. The Morgan fingerprint density at radius 2 is 1.57 bits per heavy atom. The van der Waals surface area contributed by atoms with E-state index in [-0.39, 0.29) is 29.7 Å². The molecule has 0 N–H and O–H groups in total. The minimum absolute atomic E-state index is 0.0253. The molecule has 1 fully saturated rings. The second-order valence-electron chi connectivity index (χ2n) is 6.72. The van der Waals surface area contributed by atoms with Crippen LogP contribution in [0.3, 0.4) is 0 Å². The topological polar surface area (TPSA) is 43.4 Å². The van der Waals surface area contributed by atoms with Crippen molar-refractivity contribution in [1.29, 1.82) is 0 Å². The standard InChI is InChI=1S/C20H20O3/c1-20(2)12-17(20)19(22)23-13-18(21)16-10-8-15(9-11-16)14-6-4-3-5-7-14/h3-11,17H,12-13H2,1-2H3. The van der Waals surface area contributed by atoms with E-state index in [4.69, 9.17) is 4.74 Å². The number of ketones is 1. The molecule has 0 saturated heterocycles. The van der Waals surface area contributed by atoms with Crippen molar-refractivity contribution in [2.75, 3.05) is 6.61 Å². The Hall–Kier alpha value is -2.42. The van der Waals surface area contributed by atoms with Crippen LogP contribution in [0.15, 0.2) is 54.6 Å². The van der Waals surface area contributed by atoms with Crippen LogP contribution in [0.25, 0.3) is 11.1 Å². The lowest BCUT2D eigenvalue weighted by atomic mass is 10.0. The lowest BCUT2D eigenvalue weighted by Crippen LogP contribution is -2.17. The summed E-state index contributed by atoms with van der Waals surface area (Å²) in [5, 5.41) is 0. The SMILES string of the molecule is CC1(C)CC1C(=O)OCC(=O)c1ccc(-c2ccccc2)cc1. The average Bonchev–Trinajstić information content (AvgIpc) is 3.22. The van der Waals surface area contributed by atoms with Crippen molar-refractivity contribution in [3.63, 3.8) is 0 Å². The Kier molecular flexibility index (Phi) is 4.03. The lowest BCUT2D eigenvalue weighted by Gasteiger charge is -2.06. The van der Waals surface area contributed by atoms with Crippen LogP contribution in [0.4, 0.5) is 0 Å². The molecule has 0 spiro atoms. The molecule has 1 unspecified atom stereocenters. The number of esters is 1. The summed E-state index contributed by atoms with van der Waals surface area (Å²) < 4.78 is 5.14. The van der Waals surface area contributed by atoms with E-state index < -0.39 is 0 Å². The normalized spacial score (nSPS) is 18.3. The second kappa shape index (κ2) is 5.99. The van der Waals surface area contributed by atoms with Gasteiger partial charge in [0.05, 0.1) is 5.92 Å². The highest BCUT2D eigenvalue weighted by molar-refractivity contribution is 5.98. The molecule has 3 rings (SSSR count). The molecule has 1 aliphatic carbocycles. The molecule has 0 heterocycles. The van der Waals surface area contributed by atoms with E-state index in [0.29, 0.717) is 5.56 Å². The van der Waals surface area contributed by atoms with Gasteiger partial charge in [-0.3, -0.25) is 9.59 Å². The zero-order valence-electron chi connectivity index (χ0n) is 13.4. The molecular weight excluding hydrogens is 288 g/mol. The van der Waals surface area contributed by atoms with E-state index in [2.05, 4.69) is 0 Å². The maximum atomic E-state index is 12.1. The molecule has 1 aliphatic rings. The van der Waals surface area contributed by atoms with Gasteiger partial charge in [0.2, 0.25) is 0 Å². The number of ether oxygens (including phenoxy) is 1. The summed E-state index contributed by atoms with van der Waals surface area (Å²) in [4.78, 5) is 23.9. The zero-order chi connectivity index (χ0) is 16.4. The predicted octanol–water partition coefficient (Wildman–Crippen LogP) is 4.13. The Morgan fingerprint density at radius 3 is 2.13 bits per heavy atom. The Morgan fingerprint density at radius 1 is 1.00 bits per heavy atom. The molecule has 2 aromatic rings. The average molecular weight is 308 g/mol. The van der Waals surface area contributed by atoms with Crippen molar-refractivity contribution in [3.05, 3.63) is 60.2 Å². The van der Waals surface area contributed by atoms with Gasteiger partial charge in [-0.15, -0.1) is 0 Å². The van der Waals surface area contributed by atoms with Gasteiger partial charge in [-0.25, -0.2) is 0 Å². The van der Waals surface area contributed by atoms with Crippen molar-refractivity contribution in [3.8, 4) is 11.1 Å². The molecule has 2 aromatic carbocycles. The van der Waals surface area contributed by atoms with E-state index in [0.717, 1.165) is 17.5 Å². The maximum absolute atomic E-state index is 12.1. The van der Waals surface area contributed by atoms with Crippen LogP contribution in [0.5, 0.6) is 0 Å². The van der Waals surface area contributed by atoms with E-state index in [9.17, 15) is 9.59 Å². The van der Waals surface area contributed by atoms with Crippen LogP contribution in [-0.4, -0.2) is 18.4 Å². The van der Waals surface area contributed by atoms with Gasteiger partial charge in [0.25, 0.3) is 0 Å². The van der Waals surface area contributed by atoms with Crippen molar-refractivity contribution >= 4 is 11.8 Å². The van der Waals surface area contributed by atoms with Gasteiger partial charge in [-0.05, 0) is 23.0 Å². The highest BCUT2D eigenvalue weighted by atomic mass is 16.5. The van der Waals surface area contributed by atoms with Crippen LogP contribution in [0.1, 0.15) is 30.6 Å². The summed E-state index contributed by atoms with van der Waals surface area (Å²) in [5.41, 5.74) is 2.75. The first-order valence-corrected chi connectivity index (χ1v) is 7.83. The molecule has 1 saturated carbocycles. The number of rotatable bonds is 5. The van der Waals surface area contributed by atoms with Gasteiger partial charge in [0.1, 0.15) is 0 Å². The Labute approximate surface area is 136 Å². The second-order valence-corrected chi connectivity index (χ2v) is 6.72. The molecule has 3 heteroatoms. The summed E-state index contributed by atoms with van der Waals surface area (Å²) in [7, 11) is 0. The Bertz CT molecular complexity index is 714. The fourth-order valence-electron chi connectivity index (χ4n) is 2.67. The first-order chi connectivity index (χ1) is 11.0. The third-order valence-electron chi connectivity index (χ3n) is 4.46. The van der Waals surface area contributed by atoms with Gasteiger partial charge in [-0.1, -0.05) is 68.4 Å². The van der Waals surface area contributed by atoms with Gasteiger partial charge in [-0.2, -0.15) is 0 Å². The van der Waals surface area contributed by atoms with E-state index in [1.807, 2.05) is 56.3 Å². The highest BCUT2D eigenvalue weighted by Gasteiger charge is 2.51. The molecule has 0 aromatic heterocycles. The van der Waals surface area contributed by atoms with Crippen LogP contribution in [0.2, 0.25) is 0 Å². The van der Waals surface area contributed by atoms with Crippen molar-refractivity contribution in [2.45, 2.75) is 20.3 Å². The number of benzene rings is 2. The molecule has 0 bridgehead atoms.